The Hall–Kier alpha value is -0.560. The van der Waals surface area contributed by atoms with Crippen molar-refractivity contribution in [3.63, 3.8) is 0 Å². The minimum absolute atomic E-state index is 0.140. The van der Waals surface area contributed by atoms with Crippen LogP contribution >= 0.6 is 22.7 Å². The van der Waals surface area contributed by atoms with Crippen LogP contribution in [0.25, 0.3) is 9.40 Å². The van der Waals surface area contributed by atoms with Gasteiger partial charge < -0.3 is 4.55 Å². The van der Waals surface area contributed by atoms with Gasteiger partial charge in [-0.3, -0.25) is 4.79 Å². The molecule has 0 aliphatic rings. The van der Waals surface area contributed by atoms with Crippen LogP contribution in [0.5, 0.6) is 0 Å². The zero-order chi connectivity index (χ0) is 13.1. The van der Waals surface area contributed by atoms with Gasteiger partial charge in [0.2, 0.25) is 4.21 Å². The van der Waals surface area contributed by atoms with Gasteiger partial charge in [-0.05, 0) is 23.8 Å². The van der Waals surface area contributed by atoms with Crippen molar-refractivity contribution in [2.45, 2.75) is 30.9 Å². The van der Waals surface area contributed by atoms with Crippen molar-refractivity contribution in [2.75, 3.05) is 0 Å². The molecular formula is C12H15NO2S3. The van der Waals surface area contributed by atoms with E-state index >= 15 is 0 Å². The van der Waals surface area contributed by atoms with E-state index in [9.17, 15) is 9.35 Å². The van der Waals surface area contributed by atoms with E-state index in [1.165, 1.54) is 11.3 Å². The summed E-state index contributed by atoms with van der Waals surface area (Å²) in [4.78, 5) is 11.6. The molecule has 98 valence electrons. The van der Waals surface area contributed by atoms with Gasteiger partial charge in [0, 0.05) is 12.5 Å². The zero-order valence-electron chi connectivity index (χ0n) is 10.3. The van der Waals surface area contributed by atoms with Crippen molar-refractivity contribution in [3.8, 4) is 0 Å². The summed E-state index contributed by atoms with van der Waals surface area (Å²) in [6, 6.07) is 3.90. The second kappa shape index (κ2) is 6.06. The van der Waals surface area contributed by atoms with E-state index in [1.54, 1.807) is 11.3 Å². The van der Waals surface area contributed by atoms with Crippen molar-refractivity contribution >= 4 is 49.3 Å². The maximum atomic E-state index is 12.0. The average molecular weight is 301 g/mol. The normalized spacial score (nSPS) is 13.1. The minimum atomic E-state index is -1.41. The number of carbonyl (C=O) groups excluding carboxylic acids is 1. The van der Waals surface area contributed by atoms with Crippen LogP contribution in [0.2, 0.25) is 0 Å². The van der Waals surface area contributed by atoms with E-state index in [-0.39, 0.29) is 5.91 Å². The average Bonchev–Trinajstić information content (AvgIpc) is 2.85. The van der Waals surface area contributed by atoms with Gasteiger partial charge in [0.25, 0.3) is 5.91 Å². The Balaban J connectivity index is 1.93. The van der Waals surface area contributed by atoms with Gasteiger partial charge in [-0.15, -0.1) is 11.3 Å². The lowest BCUT2D eigenvalue weighted by atomic mass is 10.1. The van der Waals surface area contributed by atoms with Gasteiger partial charge in [0.15, 0.2) is 0 Å². The molecule has 0 spiro atoms. The third-order valence-corrected chi connectivity index (χ3v) is 5.94. The summed E-state index contributed by atoms with van der Waals surface area (Å²) < 4.78 is 17.5. The molecule has 0 saturated carbocycles. The van der Waals surface area contributed by atoms with Gasteiger partial charge in [0.05, 0.1) is 9.40 Å². The van der Waals surface area contributed by atoms with Crippen molar-refractivity contribution in [1.29, 1.82) is 0 Å². The molecular weight excluding hydrogens is 286 g/mol. The van der Waals surface area contributed by atoms with E-state index in [2.05, 4.69) is 18.6 Å². The summed E-state index contributed by atoms with van der Waals surface area (Å²) in [7, 11) is 0. The molecule has 0 saturated heterocycles. The summed E-state index contributed by atoms with van der Waals surface area (Å²) in [6.45, 7) is 4.13. The number of hydrogen-bond donors (Lipinski definition) is 1. The number of nitrogens with one attached hydrogen (secondary N) is 1. The summed E-state index contributed by atoms with van der Waals surface area (Å²) in [5.41, 5.74) is 0. The summed E-state index contributed by atoms with van der Waals surface area (Å²) >= 11 is 1.68. The highest BCUT2D eigenvalue weighted by atomic mass is 32.2. The molecule has 2 aromatic rings. The SMILES string of the molecule is CC(C)CCC(=O)N[S+]([O-])c1cc2sccc2s1. The Labute approximate surface area is 118 Å². The largest absolute Gasteiger partial charge is 0.587 e. The Bertz CT molecular complexity index is 504. The lowest BCUT2D eigenvalue weighted by Gasteiger charge is -2.08. The Morgan fingerprint density at radius 1 is 1.50 bits per heavy atom. The van der Waals surface area contributed by atoms with Gasteiger partial charge >= 0.3 is 0 Å². The van der Waals surface area contributed by atoms with E-state index in [0.717, 1.165) is 20.0 Å². The molecule has 1 unspecified atom stereocenters. The van der Waals surface area contributed by atoms with E-state index in [4.69, 9.17) is 0 Å². The third-order valence-electron chi connectivity index (χ3n) is 2.45. The Kier molecular flexibility index (Phi) is 4.66. The maximum Gasteiger partial charge on any atom is 0.261 e. The van der Waals surface area contributed by atoms with Crippen LogP contribution in [0.15, 0.2) is 21.7 Å². The summed E-state index contributed by atoms with van der Waals surface area (Å²) in [6.07, 6.45) is 1.26. The molecule has 1 N–H and O–H groups in total. The molecule has 6 heteroatoms. The molecule has 2 rings (SSSR count). The molecule has 0 aliphatic carbocycles. The third kappa shape index (κ3) is 3.47. The first-order valence-corrected chi connectivity index (χ1v) is 8.59. The maximum absolute atomic E-state index is 12.0. The van der Waals surface area contributed by atoms with Crippen LogP contribution in [0.1, 0.15) is 26.7 Å². The number of fused-ring (bicyclic) bond motifs is 1. The van der Waals surface area contributed by atoms with Gasteiger partial charge in [-0.1, -0.05) is 25.2 Å². The minimum Gasteiger partial charge on any atom is -0.587 e. The molecule has 2 heterocycles. The second-order valence-electron chi connectivity index (χ2n) is 4.44. The highest BCUT2D eigenvalue weighted by Gasteiger charge is 2.19. The molecule has 0 aromatic carbocycles. The highest BCUT2D eigenvalue weighted by molar-refractivity contribution is 7.92. The lowest BCUT2D eigenvalue weighted by Crippen LogP contribution is -2.30. The molecule has 0 aliphatic heterocycles. The molecule has 2 aromatic heterocycles. The van der Waals surface area contributed by atoms with Crippen molar-refractivity contribution in [1.82, 2.24) is 4.72 Å². The zero-order valence-corrected chi connectivity index (χ0v) is 12.7. The van der Waals surface area contributed by atoms with Crippen molar-refractivity contribution < 1.29 is 9.35 Å². The number of rotatable bonds is 5. The lowest BCUT2D eigenvalue weighted by molar-refractivity contribution is -0.119. The van der Waals surface area contributed by atoms with Gasteiger partial charge in [0.1, 0.15) is 11.4 Å². The fraction of sp³-hybridized carbons (Fsp3) is 0.417. The van der Waals surface area contributed by atoms with E-state index in [1.807, 2.05) is 17.5 Å². The quantitative estimate of drug-likeness (QED) is 0.859. The number of thiophene rings is 2. The Morgan fingerprint density at radius 2 is 2.28 bits per heavy atom. The van der Waals surface area contributed by atoms with Crippen molar-refractivity contribution in [3.05, 3.63) is 17.5 Å². The summed E-state index contributed by atoms with van der Waals surface area (Å²) in [5, 5.41) is 2.01. The van der Waals surface area contributed by atoms with E-state index < -0.39 is 11.4 Å². The second-order valence-corrected chi connectivity index (χ2v) is 7.91. The molecule has 1 atom stereocenters. The molecule has 1 amide bonds. The van der Waals surface area contributed by atoms with Crippen LogP contribution in [-0.2, 0) is 16.2 Å². The molecule has 3 nitrogen and oxygen atoms in total. The monoisotopic (exact) mass is 301 g/mol. The molecule has 0 radical (unpaired) electrons. The standard InChI is InChI=1S/C12H15NO2S3/c1-8(2)3-4-11(14)13-18(15)12-7-10-9(17-12)5-6-16-10/h5-8H,3-4H2,1-2H3,(H,13,14). The fourth-order valence-corrected chi connectivity index (χ4v) is 4.71. The molecule has 18 heavy (non-hydrogen) atoms. The first kappa shape index (κ1) is 13.9. The number of hydrogen-bond acceptors (Lipinski definition) is 4. The van der Waals surface area contributed by atoms with Crippen LogP contribution < -0.4 is 4.72 Å². The fourth-order valence-electron chi connectivity index (χ4n) is 1.46. The molecule has 0 bridgehead atoms. The Morgan fingerprint density at radius 3 is 2.94 bits per heavy atom. The number of amides is 1. The predicted octanol–water partition coefficient (Wildman–Crippen LogP) is 3.54. The van der Waals surface area contributed by atoms with Gasteiger partial charge in [-0.25, -0.2) is 0 Å². The predicted molar refractivity (Wildman–Crippen MR) is 78.3 cm³/mol. The van der Waals surface area contributed by atoms with Crippen LogP contribution in [-0.4, -0.2) is 10.5 Å². The van der Waals surface area contributed by atoms with E-state index in [0.29, 0.717) is 12.3 Å². The van der Waals surface area contributed by atoms with Crippen LogP contribution in [0.3, 0.4) is 0 Å². The topological polar surface area (TPSA) is 52.2 Å². The van der Waals surface area contributed by atoms with Crippen molar-refractivity contribution in [2.24, 2.45) is 5.92 Å². The number of carbonyl (C=O) groups is 1. The van der Waals surface area contributed by atoms with Crippen LogP contribution in [0.4, 0.5) is 0 Å². The first-order chi connectivity index (χ1) is 8.56. The van der Waals surface area contributed by atoms with Crippen LogP contribution in [0, 0.1) is 5.92 Å². The smallest absolute Gasteiger partial charge is 0.261 e. The highest BCUT2D eigenvalue weighted by Crippen LogP contribution is 2.32. The summed E-state index contributed by atoms with van der Waals surface area (Å²) in [5.74, 6) is 0.343. The molecule has 0 fully saturated rings. The first-order valence-electron chi connectivity index (χ1n) is 5.74. The van der Waals surface area contributed by atoms with Gasteiger partial charge in [-0.2, -0.15) is 4.72 Å².